The van der Waals surface area contributed by atoms with Crippen molar-refractivity contribution in [2.24, 2.45) is 11.3 Å². The van der Waals surface area contributed by atoms with Gasteiger partial charge in [-0.05, 0) is 62.0 Å². The minimum Gasteiger partial charge on any atom is -0.349 e. The van der Waals surface area contributed by atoms with E-state index in [1.165, 1.54) is 21.0 Å². The van der Waals surface area contributed by atoms with Gasteiger partial charge in [0.25, 0.3) is 5.91 Å². The van der Waals surface area contributed by atoms with Crippen molar-refractivity contribution in [2.45, 2.75) is 107 Å². The second-order valence-corrected chi connectivity index (χ2v) is 19.9. The number of carbonyl (C=O) groups is 3. The zero-order valence-electron chi connectivity index (χ0n) is 33.1. The standard InChI is InChI=1S/C42H48F2N8O5S2/c1-41(2,3)35-38(54)51-23-29(21-32(51)37(53)47-42(22-31(42)36(43)44)39(55)50-59(56,57)30-18-19-30)52-48-33(26-14-8-6-9-15-26)34(49-52)27-16-11-13-25(20-27)12-7-4-5-10-17-28-24-58-40(45-28)46-35/h6-9,11-16,20,24,29-32,35-36H,4-5,10,17-19,21-23H2,1-3H3,(H,45,46)(H,47,53)(H,50,55)/b12-7+/t29-,31+,32+,35-,42-/m1/s1. The van der Waals surface area contributed by atoms with Crippen LogP contribution in [0.25, 0.3) is 28.6 Å². The predicted octanol–water partition coefficient (Wildman–Crippen LogP) is 6.23. The maximum Gasteiger partial charge on any atom is 0.259 e. The maximum absolute atomic E-state index is 14.9. The normalized spacial score (nSPS) is 25.5. The molecule has 8 bridgehead atoms. The van der Waals surface area contributed by atoms with Crippen molar-refractivity contribution in [1.29, 1.82) is 0 Å². The molecule has 0 radical (unpaired) electrons. The van der Waals surface area contributed by atoms with Crippen LogP contribution in [0.4, 0.5) is 13.9 Å². The van der Waals surface area contributed by atoms with Crippen LogP contribution in [0.2, 0.25) is 0 Å². The first-order valence-corrected chi connectivity index (χ1v) is 22.5. The molecular weight excluding hydrogens is 799 g/mol. The second-order valence-electron chi connectivity index (χ2n) is 17.1. The van der Waals surface area contributed by atoms with Crippen molar-refractivity contribution >= 4 is 50.3 Å². The van der Waals surface area contributed by atoms with E-state index >= 15 is 0 Å². The predicted molar refractivity (Wildman–Crippen MR) is 221 cm³/mol. The van der Waals surface area contributed by atoms with Crippen LogP contribution in [-0.2, 0) is 30.8 Å². The van der Waals surface area contributed by atoms with Gasteiger partial charge in [0.15, 0.2) is 5.13 Å². The van der Waals surface area contributed by atoms with E-state index in [0.717, 1.165) is 48.1 Å². The van der Waals surface area contributed by atoms with Gasteiger partial charge in [0.05, 0.1) is 22.9 Å². The number of allylic oxidation sites excluding steroid dienone is 1. The Morgan fingerprint density at radius 2 is 1.75 bits per heavy atom. The van der Waals surface area contributed by atoms with Gasteiger partial charge in [0, 0.05) is 29.5 Å². The third kappa shape index (κ3) is 8.54. The van der Waals surface area contributed by atoms with Gasteiger partial charge in [-0.3, -0.25) is 19.1 Å². The number of hydrogen-bond donors (Lipinski definition) is 3. The number of halogens is 2. The molecule has 8 rings (SSSR count). The molecule has 2 aromatic carbocycles. The highest BCUT2D eigenvalue weighted by Gasteiger charge is 2.67. The summed E-state index contributed by atoms with van der Waals surface area (Å²) in [6, 6.07) is 14.8. The Bertz CT molecular complexity index is 2380. The zero-order chi connectivity index (χ0) is 41.7. The van der Waals surface area contributed by atoms with Crippen molar-refractivity contribution in [3.8, 4) is 22.5 Å². The van der Waals surface area contributed by atoms with Crippen molar-refractivity contribution < 1.29 is 31.6 Å². The summed E-state index contributed by atoms with van der Waals surface area (Å²) in [5.74, 6) is -4.10. The van der Waals surface area contributed by atoms with E-state index in [-0.39, 0.29) is 13.0 Å². The molecule has 4 aromatic rings. The molecule has 0 unspecified atom stereocenters. The van der Waals surface area contributed by atoms with Gasteiger partial charge < -0.3 is 15.5 Å². The number of nitrogens with zero attached hydrogens (tertiary/aromatic N) is 5. The van der Waals surface area contributed by atoms with Crippen LogP contribution < -0.4 is 15.4 Å². The quantitative estimate of drug-likeness (QED) is 0.196. The van der Waals surface area contributed by atoms with Gasteiger partial charge in [-0.15, -0.1) is 11.3 Å². The van der Waals surface area contributed by atoms with Crippen LogP contribution in [0.15, 0.2) is 66.1 Å². The number of benzene rings is 2. The highest BCUT2D eigenvalue weighted by atomic mass is 32.2. The van der Waals surface area contributed by atoms with Gasteiger partial charge >= 0.3 is 0 Å². The average molecular weight is 847 g/mol. The SMILES string of the molecule is CC(C)(C)[C@@H]1Nc2nc(cs2)CCCC/C=C/c2cccc(c2)-c2nn(nc2-c2ccccc2)[C@@H]2C[C@@H](C(=O)N[C@]3(C(=O)NS(=O)(=O)C4CC4)C[C@H]3C(F)F)N(C2)C1=O. The number of alkyl halides is 2. The lowest BCUT2D eigenvalue weighted by atomic mass is 9.85. The number of carbonyl (C=O) groups excluding carboxylic acids is 3. The minimum atomic E-state index is -4.11. The highest BCUT2D eigenvalue weighted by Crippen LogP contribution is 2.49. The fourth-order valence-corrected chi connectivity index (χ4v) is 10.1. The third-order valence-electron chi connectivity index (χ3n) is 11.6. The van der Waals surface area contributed by atoms with Crippen molar-refractivity contribution in [3.05, 3.63) is 77.3 Å². The number of hydrogen-bond acceptors (Lipinski definition) is 10. The van der Waals surface area contributed by atoms with Crippen LogP contribution in [0.1, 0.15) is 83.0 Å². The van der Waals surface area contributed by atoms with E-state index in [2.05, 4.69) is 22.8 Å². The first-order valence-electron chi connectivity index (χ1n) is 20.1. The second kappa shape index (κ2) is 15.9. The molecule has 3 amide bonds. The van der Waals surface area contributed by atoms with Crippen LogP contribution in [0, 0.1) is 11.3 Å². The molecule has 2 aliphatic carbocycles. The molecule has 1 saturated heterocycles. The van der Waals surface area contributed by atoms with Crippen LogP contribution in [0.3, 0.4) is 0 Å². The van der Waals surface area contributed by atoms with Gasteiger partial charge in [-0.25, -0.2) is 22.2 Å². The Hall–Kier alpha value is -5.03. The smallest absolute Gasteiger partial charge is 0.259 e. The Kier molecular flexibility index (Phi) is 11.0. The van der Waals surface area contributed by atoms with Crippen molar-refractivity contribution in [1.82, 2.24) is 34.9 Å². The molecule has 4 heterocycles. The molecule has 2 aliphatic heterocycles. The first-order chi connectivity index (χ1) is 28.1. The summed E-state index contributed by atoms with van der Waals surface area (Å²) >= 11 is 1.39. The molecule has 5 atom stereocenters. The summed E-state index contributed by atoms with van der Waals surface area (Å²) in [7, 11) is -4.11. The third-order valence-corrected chi connectivity index (χ3v) is 14.2. The number of fused-ring (bicyclic) bond motifs is 10. The van der Waals surface area contributed by atoms with E-state index in [1.807, 2.05) is 85.5 Å². The van der Waals surface area contributed by atoms with Crippen molar-refractivity contribution in [3.63, 3.8) is 0 Å². The molecule has 13 nitrogen and oxygen atoms in total. The number of aryl methyl sites for hydroxylation is 1. The molecule has 2 saturated carbocycles. The maximum atomic E-state index is 14.9. The largest absolute Gasteiger partial charge is 0.349 e. The summed E-state index contributed by atoms with van der Waals surface area (Å²) in [5, 5.41) is 17.6. The van der Waals surface area contributed by atoms with Gasteiger partial charge in [-0.1, -0.05) is 81.5 Å². The van der Waals surface area contributed by atoms with Gasteiger partial charge in [0.1, 0.15) is 29.0 Å². The lowest BCUT2D eigenvalue weighted by molar-refractivity contribution is -0.141. The molecule has 0 spiro atoms. The Morgan fingerprint density at radius 1 is 1.02 bits per heavy atom. The first kappa shape index (κ1) is 40.7. The zero-order valence-corrected chi connectivity index (χ0v) is 34.7. The number of nitrogens with one attached hydrogen (secondary N) is 3. The molecule has 312 valence electrons. The highest BCUT2D eigenvalue weighted by molar-refractivity contribution is 7.91. The van der Waals surface area contributed by atoms with Crippen LogP contribution >= 0.6 is 11.3 Å². The van der Waals surface area contributed by atoms with E-state index in [0.29, 0.717) is 29.4 Å². The summed E-state index contributed by atoms with van der Waals surface area (Å²) < 4.78 is 56.1. The fourth-order valence-electron chi connectivity index (χ4n) is 7.99. The number of thiazole rings is 1. The minimum absolute atomic E-state index is 0.0155. The topological polar surface area (TPSA) is 168 Å². The van der Waals surface area contributed by atoms with Crippen LogP contribution in [-0.4, -0.2) is 86.9 Å². The fraction of sp³-hybridized carbons (Fsp3) is 0.476. The molecule has 3 N–H and O–H groups in total. The number of rotatable bonds is 7. The molecular formula is C42H48F2N8O5S2. The Labute approximate surface area is 346 Å². The molecule has 17 heteroatoms. The molecule has 2 aromatic heterocycles. The number of aromatic nitrogens is 4. The van der Waals surface area contributed by atoms with Crippen molar-refractivity contribution in [2.75, 3.05) is 11.9 Å². The Balaban J connectivity index is 1.19. The Morgan fingerprint density at radius 3 is 2.44 bits per heavy atom. The van der Waals surface area contributed by atoms with E-state index in [4.69, 9.17) is 15.2 Å². The van der Waals surface area contributed by atoms with E-state index in [1.54, 1.807) is 0 Å². The monoisotopic (exact) mass is 846 g/mol. The number of amides is 3. The van der Waals surface area contributed by atoms with Crippen LogP contribution in [0.5, 0.6) is 0 Å². The van der Waals surface area contributed by atoms with E-state index in [9.17, 15) is 31.6 Å². The lowest BCUT2D eigenvalue weighted by Gasteiger charge is -2.35. The number of anilines is 1. The summed E-state index contributed by atoms with van der Waals surface area (Å²) in [4.78, 5) is 50.7. The summed E-state index contributed by atoms with van der Waals surface area (Å²) in [6.07, 6.45) is 5.01. The molecule has 59 heavy (non-hydrogen) atoms. The average Bonchev–Trinajstić information content (AvgIpc) is 4.02. The van der Waals surface area contributed by atoms with E-state index < -0.39 is 80.8 Å². The molecule has 4 aliphatic rings. The van der Waals surface area contributed by atoms with Gasteiger partial charge in [-0.2, -0.15) is 15.0 Å². The molecule has 3 fully saturated rings. The van der Waals surface area contributed by atoms with Gasteiger partial charge in [0.2, 0.25) is 28.3 Å². The lowest BCUT2D eigenvalue weighted by Crippen LogP contribution is -2.59. The number of sulfonamides is 1. The summed E-state index contributed by atoms with van der Waals surface area (Å²) in [5.41, 5.74) is 1.86. The summed E-state index contributed by atoms with van der Waals surface area (Å²) in [6.45, 7) is 5.67.